The number of hydrogen-bond donors (Lipinski definition) is 2. The molecule has 0 aliphatic carbocycles. The van der Waals surface area contributed by atoms with Gasteiger partial charge in [0.15, 0.2) is 6.04 Å². The van der Waals surface area contributed by atoms with Crippen LogP contribution in [0.15, 0.2) is 36.4 Å². The summed E-state index contributed by atoms with van der Waals surface area (Å²) in [5, 5.41) is 4.12. The molecule has 0 saturated carbocycles. The number of carbonyl (C=O) groups is 2. The molecule has 0 aliphatic rings. The number of thiophene rings is 1. The monoisotopic (exact) mass is 450 g/mol. The number of aryl methyl sites for hydroxylation is 1. The van der Waals surface area contributed by atoms with E-state index in [9.17, 15) is 35.9 Å². The van der Waals surface area contributed by atoms with Crippen molar-refractivity contribution in [1.29, 1.82) is 0 Å². The van der Waals surface area contributed by atoms with Gasteiger partial charge in [-0.25, -0.2) is 0 Å². The molecule has 0 radical (unpaired) electrons. The van der Waals surface area contributed by atoms with Crippen LogP contribution in [0, 0.1) is 6.92 Å². The molecule has 1 unspecified atom stereocenters. The average molecular weight is 450 g/mol. The summed E-state index contributed by atoms with van der Waals surface area (Å²) in [4.78, 5) is 24.5. The Labute approximate surface area is 171 Å². The molecule has 30 heavy (non-hydrogen) atoms. The lowest BCUT2D eigenvalue weighted by molar-refractivity contribution is -0.162. The van der Waals surface area contributed by atoms with Crippen LogP contribution in [0.4, 0.5) is 26.3 Å². The van der Waals surface area contributed by atoms with E-state index in [1.54, 1.807) is 18.3 Å². The summed E-state index contributed by atoms with van der Waals surface area (Å²) in [7, 11) is 1.44. The number of carbonyl (C=O) groups excluding carboxylic acids is 2. The predicted octanol–water partition coefficient (Wildman–Crippen LogP) is 4.87. The SMILES string of the molecule is CNC(=O)c1sc(/C=C/C(=O)NC(c2cccc(C(F)(F)F)c2)C(F)(F)F)cc1C. The van der Waals surface area contributed by atoms with Crippen molar-refractivity contribution in [2.24, 2.45) is 0 Å². The van der Waals surface area contributed by atoms with E-state index in [4.69, 9.17) is 0 Å². The van der Waals surface area contributed by atoms with E-state index in [-0.39, 0.29) is 5.91 Å². The van der Waals surface area contributed by atoms with Crippen molar-refractivity contribution in [3.63, 3.8) is 0 Å². The molecule has 2 aromatic rings. The normalized spacial score (nSPS) is 13.3. The van der Waals surface area contributed by atoms with Crippen molar-refractivity contribution in [1.82, 2.24) is 10.6 Å². The van der Waals surface area contributed by atoms with Crippen LogP contribution in [-0.4, -0.2) is 25.0 Å². The minimum absolute atomic E-state index is 0.344. The van der Waals surface area contributed by atoms with Gasteiger partial charge in [0.25, 0.3) is 5.91 Å². The van der Waals surface area contributed by atoms with E-state index in [1.807, 2.05) is 0 Å². The van der Waals surface area contributed by atoms with Gasteiger partial charge >= 0.3 is 12.4 Å². The topological polar surface area (TPSA) is 58.2 Å². The third kappa shape index (κ3) is 5.85. The molecule has 2 rings (SSSR count). The van der Waals surface area contributed by atoms with Gasteiger partial charge in [-0.2, -0.15) is 26.3 Å². The number of benzene rings is 1. The first-order valence-corrected chi connectivity index (χ1v) is 9.19. The number of halogens is 6. The van der Waals surface area contributed by atoms with E-state index < -0.39 is 35.4 Å². The fourth-order valence-electron chi connectivity index (χ4n) is 2.52. The molecule has 0 saturated heterocycles. The Hall–Kier alpha value is -2.82. The largest absolute Gasteiger partial charge is 0.416 e. The van der Waals surface area contributed by atoms with Crippen molar-refractivity contribution >= 4 is 29.2 Å². The summed E-state index contributed by atoms with van der Waals surface area (Å²) in [6.07, 6.45) is -7.79. The average Bonchev–Trinajstić information content (AvgIpc) is 3.03. The number of nitrogens with one attached hydrogen (secondary N) is 2. The predicted molar refractivity (Wildman–Crippen MR) is 99.9 cm³/mol. The van der Waals surface area contributed by atoms with E-state index in [1.165, 1.54) is 13.1 Å². The van der Waals surface area contributed by atoms with Crippen LogP contribution >= 0.6 is 11.3 Å². The molecule has 1 heterocycles. The second-order valence-corrected chi connectivity index (χ2v) is 7.26. The summed E-state index contributed by atoms with van der Waals surface area (Å²) in [6.45, 7) is 1.66. The van der Waals surface area contributed by atoms with Gasteiger partial charge in [-0.15, -0.1) is 11.3 Å². The Morgan fingerprint density at radius 1 is 1.10 bits per heavy atom. The molecule has 1 aromatic carbocycles. The van der Waals surface area contributed by atoms with Gasteiger partial charge in [0.1, 0.15) is 0 Å². The maximum atomic E-state index is 13.4. The van der Waals surface area contributed by atoms with E-state index in [0.29, 0.717) is 27.5 Å². The van der Waals surface area contributed by atoms with Crippen molar-refractivity contribution < 1.29 is 35.9 Å². The molecule has 0 spiro atoms. The van der Waals surface area contributed by atoms with Gasteiger partial charge < -0.3 is 10.6 Å². The zero-order chi connectivity index (χ0) is 22.7. The maximum Gasteiger partial charge on any atom is 0.416 e. The second-order valence-electron chi connectivity index (χ2n) is 6.18. The highest BCUT2D eigenvalue weighted by Crippen LogP contribution is 2.36. The van der Waals surface area contributed by atoms with Crippen LogP contribution in [0.5, 0.6) is 0 Å². The minimum Gasteiger partial charge on any atom is -0.354 e. The number of alkyl halides is 6. The lowest BCUT2D eigenvalue weighted by Crippen LogP contribution is -2.37. The standard InChI is InChI=1S/C19H16F6N2O2S/c1-10-8-13(30-15(10)17(29)26-2)6-7-14(28)27-16(19(23,24)25)11-4-3-5-12(9-11)18(20,21)22/h3-9,16H,1-2H3,(H,26,29)(H,27,28)/b7-6+. The summed E-state index contributed by atoms with van der Waals surface area (Å²) in [5.74, 6) is -1.49. The van der Waals surface area contributed by atoms with Gasteiger partial charge in [0.05, 0.1) is 10.4 Å². The van der Waals surface area contributed by atoms with Crippen molar-refractivity contribution in [2.75, 3.05) is 7.05 Å². The van der Waals surface area contributed by atoms with Crippen LogP contribution in [0.3, 0.4) is 0 Å². The number of hydrogen-bond acceptors (Lipinski definition) is 3. The fraction of sp³-hybridized carbons (Fsp3) is 0.263. The van der Waals surface area contributed by atoms with Crippen molar-refractivity contribution in [3.05, 3.63) is 62.9 Å². The molecule has 2 amide bonds. The van der Waals surface area contributed by atoms with Gasteiger partial charge in [0, 0.05) is 18.0 Å². The first-order chi connectivity index (χ1) is 13.8. The Balaban J connectivity index is 2.23. The third-order valence-corrected chi connectivity index (χ3v) is 5.13. The molecular formula is C19H16F6N2O2S. The van der Waals surface area contributed by atoms with E-state index >= 15 is 0 Å². The molecule has 1 atom stereocenters. The van der Waals surface area contributed by atoms with E-state index in [2.05, 4.69) is 5.32 Å². The zero-order valence-electron chi connectivity index (χ0n) is 15.6. The first kappa shape index (κ1) is 23.5. The van der Waals surface area contributed by atoms with Crippen molar-refractivity contribution in [3.8, 4) is 0 Å². The quantitative estimate of drug-likeness (QED) is 0.505. The van der Waals surface area contributed by atoms with Crippen LogP contribution in [0.25, 0.3) is 6.08 Å². The number of rotatable bonds is 5. The summed E-state index contributed by atoms with van der Waals surface area (Å²) in [6, 6.07) is 1.64. The Kier molecular flexibility index (Phi) is 6.96. The van der Waals surface area contributed by atoms with Crippen LogP contribution in [-0.2, 0) is 11.0 Å². The zero-order valence-corrected chi connectivity index (χ0v) is 16.4. The van der Waals surface area contributed by atoms with Crippen LogP contribution in [0.2, 0.25) is 0 Å². The Morgan fingerprint density at radius 2 is 1.77 bits per heavy atom. The fourth-order valence-corrected chi connectivity index (χ4v) is 3.55. The minimum atomic E-state index is -5.01. The van der Waals surface area contributed by atoms with Gasteiger partial charge in [0.2, 0.25) is 5.91 Å². The third-order valence-electron chi connectivity index (χ3n) is 3.93. The van der Waals surface area contributed by atoms with Crippen LogP contribution in [0.1, 0.15) is 37.3 Å². The molecule has 0 fully saturated rings. The highest BCUT2D eigenvalue weighted by molar-refractivity contribution is 7.15. The lowest BCUT2D eigenvalue weighted by atomic mass is 10.0. The second kappa shape index (κ2) is 8.90. The Bertz CT molecular complexity index is 963. The summed E-state index contributed by atoms with van der Waals surface area (Å²) in [5.41, 5.74) is -1.38. The summed E-state index contributed by atoms with van der Waals surface area (Å²) >= 11 is 1.03. The highest BCUT2D eigenvalue weighted by Gasteiger charge is 2.42. The highest BCUT2D eigenvalue weighted by atomic mass is 32.1. The van der Waals surface area contributed by atoms with Gasteiger partial charge in [-0.1, -0.05) is 12.1 Å². The number of amides is 2. The first-order valence-electron chi connectivity index (χ1n) is 8.38. The molecule has 4 nitrogen and oxygen atoms in total. The summed E-state index contributed by atoms with van der Waals surface area (Å²) < 4.78 is 78.6. The Morgan fingerprint density at radius 3 is 2.33 bits per heavy atom. The maximum absolute atomic E-state index is 13.4. The molecule has 2 N–H and O–H groups in total. The molecule has 162 valence electrons. The smallest absolute Gasteiger partial charge is 0.354 e. The van der Waals surface area contributed by atoms with Crippen LogP contribution < -0.4 is 10.6 Å². The van der Waals surface area contributed by atoms with Gasteiger partial charge in [-0.3, -0.25) is 9.59 Å². The van der Waals surface area contributed by atoms with E-state index in [0.717, 1.165) is 29.5 Å². The molecule has 0 bridgehead atoms. The molecule has 0 aliphatic heterocycles. The van der Waals surface area contributed by atoms with Crippen molar-refractivity contribution in [2.45, 2.75) is 25.3 Å². The molecular weight excluding hydrogens is 434 g/mol. The lowest BCUT2D eigenvalue weighted by Gasteiger charge is -2.22. The molecule has 11 heteroatoms. The molecule has 1 aromatic heterocycles. The van der Waals surface area contributed by atoms with Gasteiger partial charge in [-0.05, 0) is 42.3 Å².